The lowest BCUT2D eigenvalue weighted by atomic mass is 9.35. The summed E-state index contributed by atoms with van der Waals surface area (Å²) in [6, 6.07) is 9.86. The van der Waals surface area contributed by atoms with Crippen LogP contribution in [0.25, 0.3) is 0 Å². The third-order valence-corrected chi connectivity index (χ3v) is 24.6. The van der Waals surface area contributed by atoms with Gasteiger partial charge in [0.25, 0.3) is 0 Å². The Hall–Kier alpha value is -1.26. The van der Waals surface area contributed by atoms with E-state index in [9.17, 15) is 10.2 Å². The van der Waals surface area contributed by atoms with E-state index in [1.165, 1.54) is 149 Å². The summed E-state index contributed by atoms with van der Waals surface area (Å²) in [6.07, 6.45) is 23.6. The van der Waals surface area contributed by atoms with Crippen molar-refractivity contribution in [1.29, 1.82) is 0 Å². The molecule has 4 heteroatoms. The quantitative estimate of drug-likeness (QED) is 0.222. The van der Waals surface area contributed by atoms with Crippen molar-refractivity contribution in [2.75, 3.05) is 0 Å². The van der Waals surface area contributed by atoms with Crippen LogP contribution in [0.5, 0.6) is 11.5 Å². The third kappa shape index (κ3) is 8.50. The van der Waals surface area contributed by atoms with Crippen molar-refractivity contribution in [2.45, 2.75) is 256 Å². The molecule has 11 rings (SSSR count). The van der Waals surface area contributed by atoms with E-state index < -0.39 is 0 Å². The molecule has 2 N–H and O–H groups in total. The highest BCUT2D eigenvalue weighted by atomic mass is 32.2. The molecule has 368 valence electrons. The van der Waals surface area contributed by atoms with Crippen molar-refractivity contribution in [2.24, 2.45) is 57.2 Å². The second-order valence-electron chi connectivity index (χ2n) is 28.9. The summed E-state index contributed by atoms with van der Waals surface area (Å²) < 4.78 is 0. The Morgan fingerprint density at radius 2 is 0.788 bits per heavy atom. The Labute approximate surface area is 414 Å². The van der Waals surface area contributed by atoms with Crippen LogP contribution in [0, 0.1) is 57.2 Å². The Morgan fingerprint density at radius 1 is 0.470 bits per heavy atom. The number of benzene rings is 2. The highest BCUT2D eigenvalue weighted by Crippen LogP contribution is 2.76. The lowest BCUT2D eigenvalue weighted by Gasteiger charge is -2.69. The van der Waals surface area contributed by atoms with Crippen molar-refractivity contribution < 1.29 is 10.2 Å². The largest absolute Gasteiger partial charge is 0.507 e. The summed E-state index contributed by atoms with van der Waals surface area (Å²) >= 11 is 4.32. The first-order chi connectivity index (χ1) is 30.8. The van der Waals surface area contributed by atoms with Gasteiger partial charge in [-0.3, -0.25) is 0 Å². The van der Waals surface area contributed by atoms with Crippen LogP contribution in [-0.4, -0.2) is 20.7 Å². The van der Waals surface area contributed by atoms with Gasteiger partial charge in [0.15, 0.2) is 0 Å². The maximum atomic E-state index is 12.8. The van der Waals surface area contributed by atoms with Crippen molar-refractivity contribution in [1.82, 2.24) is 0 Å². The molecular formula is C62H96O2S2. The number of aromatic hydroxyl groups is 2. The first-order valence-electron chi connectivity index (χ1n) is 27.7. The Morgan fingerprint density at radius 3 is 1.08 bits per heavy atom. The second-order valence-corrected chi connectivity index (χ2v) is 31.4. The van der Waals surface area contributed by atoms with Crippen molar-refractivity contribution in [3.05, 3.63) is 57.6 Å². The highest BCUT2D eigenvalue weighted by Gasteiger charge is 2.67. The van der Waals surface area contributed by atoms with Crippen molar-refractivity contribution in [3.8, 4) is 11.5 Å². The molecule has 2 nitrogen and oxygen atoms in total. The van der Waals surface area contributed by atoms with Gasteiger partial charge in [0, 0.05) is 55.1 Å². The fraction of sp³-hybridized carbons (Fsp3) is 0.806. The van der Waals surface area contributed by atoms with E-state index in [0.29, 0.717) is 67.3 Å². The number of phenols is 2. The van der Waals surface area contributed by atoms with Gasteiger partial charge in [-0.05, 0) is 169 Å². The third-order valence-electron chi connectivity index (χ3n) is 21.5. The molecule has 6 atom stereocenters. The first-order valence-corrected chi connectivity index (χ1v) is 29.8. The maximum absolute atomic E-state index is 12.8. The molecule has 2 aromatic rings. The van der Waals surface area contributed by atoms with Crippen LogP contribution in [-0.2, 0) is 33.2 Å². The van der Waals surface area contributed by atoms with Crippen LogP contribution < -0.4 is 0 Å². The topological polar surface area (TPSA) is 40.5 Å². The van der Waals surface area contributed by atoms with Gasteiger partial charge in [-0.25, -0.2) is 0 Å². The second kappa shape index (κ2) is 17.2. The minimum Gasteiger partial charge on any atom is -0.507 e. The van der Waals surface area contributed by atoms with Crippen LogP contribution in [0.2, 0.25) is 0 Å². The van der Waals surface area contributed by atoms with Crippen LogP contribution >= 0.6 is 23.5 Å². The first kappa shape index (κ1) is 49.7. The normalized spacial score (nSPS) is 37.7. The predicted octanol–water partition coefficient (Wildman–Crippen LogP) is 18.0. The molecule has 0 aromatic heterocycles. The minimum atomic E-state index is 0.0115. The van der Waals surface area contributed by atoms with E-state index in [2.05, 4.69) is 145 Å². The van der Waals surface area contributed by atoms with Gasteiger partial charge < -0.3 is 10.2 Å². The molecule has 0 radical (unpaired) electrons. The predicted molar refractivity (Wildman–Crippen MR) is 286 cm³/mol. The molecule has 9 aliphatic rings. The minimum absolute atomic E-state index is 0.0115. The lowest BCUT2D eigenvalue weighted by molar-refractivity contribution is -0.163. The fourth-order valence-electron chi connectivity index (χ4n) is 17.8. The number of hydrogen-bond donors (Lipinski definition) is 2. The zero-order valence-corrected chi connectivity index (χ0v) is 46.4. The van der Waals surface area contributed by atoms with Gasteiger partial charge >= 0.3 is 0 Å². The van der Waals surface area contributed by atoms with Crippen LogP contribution in [0.15, 0.2) is 24.3 Å². The van der Waals surface area contributed by atoms with Gasteiger partial charge in [0.05, 0.1) is 0 Å². The van der Waals surface area contributed by atoms with Crippen LogP contribution in [0.1, 0.15) is 246 Å². The molecule has 4 unspecified atom stereocenters. The number of rotatable bonds is 12. The number of thioether (sulfide) groups is 2. The van der Waals surface area contributed by atoms with E-state index in [1.54, 1.807) is 0 Å². The average Bonchev–Trinajstić information content (AvgIpc) is 3.19. The summed E-state index contributed by atoms with van der Waals surface area (Å²) in [6.45, 7) is 34.4. The number of hydrogen-bond acceptors (Lipinski definition) is 4. The van der Waals surface area contributed by atoms with Crippen LogP contribution in [0.4, 0.5) is 0 Å². The molecule has 9 saturated carbocycles. The fourth-order valence-corrected chi connectivity index (χ4v) is 20.9. The van der Waals surface area contributed by atoms with E-state index in [1.807, 2.05) is 0 Å². The molecule has 0 heterocycles. The summed E-state index contributed by atoms with van der Waals surface area (Å²) in [5, 5.41) is 26.7. The standard InChI is InChI=1S/C62H96O2S2/c1-39(2)57-25-43-26-58(33-57,40(3)4)36-61(29-43,35-57)49-23-47(55(9,10)11)21-45(53(49)63)31-65-51-19-17-15-16-18-20-52(51)66-32-46-22-48(56(12,13)14)24-50(54(46)64)62-30-44-27-59(37-62,41(5)6)34-60(28-44,38-62)42(7)8/h21-24,39-44,51-52,63-64H,15-20,25-38H2,1-14H3/t43?,44?,51-,52-,57?,58?,59?,60?,61?,62?/m0/s1. The summed E-state index contributed by atoms with van der Waals surface area (Å²) in [7, 11) is 0. The van der Waals surface area contributed by atoms with E-state index in [0.717, 1.165) is 23.3 Å². The molecule has 9 fully saturated rings. The SMILES string of the molecule is CC(C)C12CC3CC(c4cc(C(C)(C)C)cc(CS[C@H]5CCCCCC[C@@H]5SCc5cc(C(C)(C)C)cc(C67CC8CC(C(C)C)(C6)CC(C(C)C)(C8)C7)c5O)c4O)(C1)CC(C(C)C)(C3)C2. The molecular weight excluding hydrogens is 841 g/mol. The lowest BCUT2D eigenvalue weighted by Crippen LogP contribution is -2.61. The van der Waals surface area contributed by atoms with Gasteiger partial charge in [-0.2, -0.15) is 23.5 Å². The van der Waals surface area contributed by atoms with E-state index in [-0.39, 0.29) is 21.7 Å². The molecule has 0 spiro atoms. The van der Waals surface area contributed by atoms with Crippen molar-refractivity contribution in [3.63, 3.8) is 0 Å². The maximum Gasteiger partial charge on any atom is 0.123 e. The Balaban J connectivity index is 1.02. The molecule has 9 aliphatic carbocycles. The molecule has 2 aromatic carbocycles. The molecule has 66 heavy (non-hydrogen) atoms. The van der Waals surface area contributed by atoms with E-state index >= 15 is 0 Å². The zero-order chi connectivity index (χ0) is 47.6. The molecule has 8 bridgehead atoms. The molecule has 0 saturated heterocycles. The van der Waals surface area contributed by atoms with Crippen molar-refractivity contribution >= 4 is 23.5 Å². The monoisotopic (exact) mass is 937 g/mol. The van der Waals surface area contributed by atoms with E-state index in [4.69, 9.17) is 0 Å². The smallest absolute Gasteiger partial charge is 0.123 e. The summed E-state index contributed by atoms with van der Waals surface area (Å²) in [5.74, 6) is 7.28. The van der Waals surface area contributed by atoms with Gasteiger partial charge in [-0.1, -0.05) is 147 Å². The van der Waals surface area contributed by atoms with Crippen LogP contribution in [0.3, 0.4) is 0 Å². The molecule has 0 aliphatic heterocycles. The Bertz CT molecular complexity index is 1910. The van der Waals surface area contributed by atoms with Gasteiger partial charge in [-0.15, -0.1) is 0 Å². The highest BCUT2D eigenvalue weighted by molar-refractivity contribution is 8.03. The average molecular weight is 938 g/mol. The Kier molecular flexibility index (Phi) is 13.0. The van der Waals surface area contributed by atoms with Gasteiger partial charge in [0.1, 0.15) is 11.5 Å². The molecule has 0 amide bonds. The van der Waals surface area contributed by atoms with Gasteiger partial charge in [0.2, 0.25) is 0 Å². The number of phenolic OH excluding ortho intramolecular Hbond substituents is 2. The summed E-state index contributed by atoms with van der Waals surface area (Å²) in [5.41, 5.74) is 9.53. The summed E-state index contributed by atoms with van der Waals surface area (Å²) in [4.78, 5) is 0. The zero-order valence-electron chi connectivity index (χ0n) is 44.8.